The number of methoxy groups -OCH3 is 2. The highest BCUT2D eigenvalue weighted by Gasteiger charge is 2.15. The summed E-state index contributed by atoms with van der Waals surface area (Å²) in [5.74, 6) is 0.348. The molecule has 29 heavy (non-hydrogen) atoms. The van der Waals surface area contributed by atoms with Crippen molar-refractivity contribution >= 4 is 29.0 Å². The number of carbonyl (C=O) groups is 2. The lowest BCUT2D eigenvalue weighted by molar-refractivity contribution is 0.0949. The third-order valence-electron chi connectivity index (χ3n) is 4.15. The molecule has 0 aliphatic rings. The van der Waals surface area contributed by atoms with Crippen LogP contribution in [0.25, 0.3) is 0 Å². The molecule has 156 valence electrons. The number of urea groups is 1. The molecule has 2 aromatic rings. The number of amides is 3. The van der Waals surface area contributed by atoms with Crippen LogP contribution in [0.15, 0.2) is 42.5 Å². The molecule has 0 heterocycles. The van der Waals surface area contributed by atoms with Crippen LogP contribution in [0.4, 0.5) is 21.9 Å². The Morgan fingerprint density at radius 3 is 2.48 bits per heavy atom. The number of para-hydroxylation sites is 2. The van der Waals surface area contributed by atoms with Crippen LogP contribution in [0, 0.1) is 0 Å². The lowest BCUT2D eigenvalue weighted by Crippen LogP contribution is -2.27. The highest BCUT2D eigenvalue weighted by atomic mass is 16.5. The van der Waals surface area contributed by atoms with Crippen LogP contribution in [0.2, 0.25) is 0 Å². The third kappa shape index (κ3) is 6.39. The third-order valence-corrected chi connectivity index (χ3v) is 4.15. The van der Waals surface area contributed by atoms with Gasteiger partial charge in [-0.15, -0.1) is 0 Å². The number of hydrogen-bond donors (Lipinski definition) is 3. The van der Waals surface area contributed by atoms with Crippen molar-refractivity contribution in [2.75, 3.05) is 57.0 Å². The normalized spacial score (nSPS) is 10.2. The van der Waals surface area contributed by atoms with Crippen molar-refractivity contribution in [3.63, 3.8) is 0 Å². The molecule has 0 aliphatic carbocycles. The van der Waals surface area contributed by atoms with Crippen molar-refractivity contribution in [2.45, 2.75) is 6.42 Å². The van der Waals surface area contributed by atoms with Crippen molar-refractivity contribution in [1.29, 1.82) is 0 Å². The van der Waals surface area contributed by atoms with E-state index in [0.29, 0.717) is 35.8 Å². The molecule has 0 spiro atoms. The molecule has 0 bridgehead atoms. The summed E-state index contributed by atoms with van der Waals surface area (Å²) in [5, 5.41) is 8.37. The first-order valence-corrected chi connectivity index (χ1v) is 9.25. The van der Waals surface area contributed by atoms with Crippen LogP contribution >= 0.6 is 0 Å². The van der Waals surface area contributed by atoms with Crippen molar-refractivity contribution in [1.82, 2.24) is 5.32 Å². The number of nitrogens with zero attached hydrogens (tertiary/aromatic N) is 1. The van der Waals surface area contributed by atoms with E-state index in [9.17, 15) is 9.59 Å². The van der Waals surface area contributed by atoms with Crippen molar-refractivity contribution in [3.05, 3.63) is 48.0 Å². The van der Waals surface area contributed by atoms with Crippen LogP contribution in [-0.2, 0) is 4.74 Å². The minimum absolute atomic E-state index is 0.210. The van der Waals surface area contributed by atoms with E-state index in [2.05, 4.69) is 16.0 Å². The Balaban J connectivity index is 2.12. The Morgan fingerprint density at radius 1 is 1.03 bits per heavy atom. The summed E-state index contributed by atoms with van der Waals surface area (Å²) in [4.78, 5) is 26.9. The molecule has 2 rings (SSSR count). The summed E-state index contributed by atoms with van der Waals surface area (Å²) in [6, 6.07) is 11.9. The SMILES string of the molecule is COCCCNC(=O)c1cc(NC(=O)Nc2ccccc2OC)ccc1N(C)C. The fourth-order valence-corrected chi connectivity index (χ4v) is 2.73. The Hall–Kier alpha value is -3.26. The molecule has 3 N–H and O–H groups in total. The van der Waals surface area contributed by atoms with Gasteiger partial charge >= 0.3 is 6.03 Å². The monoisotopic (exact) mass is 400 g/mol. The Bertz CT molecular complexity index is 839. The fourth-order valence-electron chi connectivity index (χ4n) is 2.73. The molecule has 0 aliphatic heterocycles. The summed E-state index contributed by atoms with van der Waals surface area (Å²) >= 11 is 0. The zero-order valence-electron chi connectivity index (χ0n) is 17.2. The summed E-state index contributed by atoms with van der Waals surface area (Å²) in [6.45, 7) is 1.08. The Morgan fingerprint density at radius 2 is 1.79 bits per heavy atom. The number of ether oxygens (including phenoxy) is 2. The van der Waals surface area contributed by atoms with E-state index in [1.165, 1.54) is 7.11 Å². The maximum atomic E-state index is 12.6. The second-order valence-corrected chi connectivity index (χ2v) is 6.51. The summed E-state index contributed by atoms with van der Waals surface area (Å²) in [6.07, 6.45) is 0.721. The molecular formula is C21H28N4O4. The number of anilines is 3. The van der Waals surface area contributed by atoms with Gasteiger partial charge in [0.15, 0.2) is 0 Å². The summed E-state index contributed by atoms with van der Waals surface area (Å²) in [7, 11) is 6.88. The molecule has 0 unspecified atom stereocenters. The lowest BCUT2D eigenvalue weighted by atomic mass is 10.1. The zero-order chi connectivity index (χ0) is 21.2. The van der Waals surface area contributed by atoms with Gasteiger partial charge in [-0.1, -0.05) is 12.1 Å². The van der Waals surface area contributed by atoms with Gasteiger partial charge in [0.1, 0.15) is 5.75 Å². The van der Waals surface area contributed by atoms with Gasteiger partial charge in [0.2, 0.25) is 0 Å². The van der Waals surface area contributed by atoms with E-state index in [1.54, 1.807) is 43.5 Å². The Kier molecular flexibility index (Phi) is 8.29. The molecule has 0 radical (unpaired) electrons. The van der Waals surface area contributed by atoms with E-state index in [-0.39, 0.29) is 5.91 Å². The van der Waals surface area contributed by atoms with Crippen molar-refractivity contribution in [2.24, 2.45) is 0 Å². The molecule has 0 saturated carbocycles. The molecule has 8 heteroatoms. The first-order valence-electron chi connectivity index (χ1n) is 9.25. The van der Waals surface area contributed by atoms with Crippen LogP contribution < -0.4 is 25.6 Å². The second-order valence-electron chi connectivity index (χ2n) is 6.51. The highest BCUT2D eigenvalue weighted by Crippen LogP contribution is 2.25. The molecule has 8 nitrogen and oxygen atoms in total. The quantitative estimate of drug-likeness (QED) is 0.563. The van der Waals surface area contributed by atoms with E-state index in [4.69, 9.17) is 9.47 Å². The molecule has 0 aromatic heterocycles. The van der Waals surface area contributed by atoms with Crippen LogP contribution in [-0.4, -0.2) is 53.4 Å². The van der Waals surface area contributed by atoms with Gasteiger partial charge in [-0.05, 0) is 36.8 Å². The van der Waals surface area contributed by atoms with Crippen molar-refractivity contribution in [3.8, 4) is 5.75 Å². The number of rotatable bonds is 9. The van der Waals surface area contributed by atoms with Gasteiger partial charge in [-0.2, -0.15) is 0 Å². The van der Waals surface area contributed by atoms with Gasteiger partial charge in [0.25, 0.3) is 5.91 Å². The maximum absolute atomic E-state index is 12.6. The average Bonchev–Trinajstić information content (AvgIpc) is 2.71. The molecule has 0 fully saturated rings. The molecule has 0 atom stereocenters. The number of benzene rings is 2. The minimum Gasteiger partial charge on any atom is -0.495 e. The predicted molar refractivity (Wildman–Crippen MR) is 115 cm³/mol. The molecule has 0 saturated heterocycles. The van der Waals surface area contributed by atoms with E-state index < -0.39 is 6.03 Å². The number of carbonyl (C=O) groups excluding carboxylic acids is 2. The largest absolute Gasteiger partial charge is 0.495 e. The highest BCUT2D eigenvalue weighted by molar-refractivity contribution is 6.04. The lowest BCUT2D eigenvalue weighted by Gasteiger charge is -2.19. The summed E-state index contributed by atoms with van der Waals surface area (Å²) < 4.78 is 10.2. The summed E-state index contributed by atoms with van der Waals surface area (Å²) in [5.41, 5.74) is 2.28. The zero-order valence-corrected chi connectivity index (χ0v) is 17.2. The van der Waals surface area contributed by atoms with Gasteiger partial charge < -0.3 is 30.3 Å². The van der Waals surface area contributed by atoms with E-state index >= 15 is 0 Å². The topological polar surface area (TPSA) is 91.9 Å². The van der Waals surface area contributed by atoms with Crippen LogP contribution in [0.5, 0.6) is 5.75 Å². The van der Waals surface area contributed by atoms with Crippen molar-refractivity contribution < 1.29 is 19.1 Å². The van der Waals surface area contributed by atoms with Crippen LogP contribution in [0.1, 0.15) is 16.8 Å². The Labute approximate surface area is 171 Å². The van der Waals surface area contributed by atoms with Gasteiger partial charge in [-0.3, -0.25) is 4.79 Å². The molecule has 2 aromatic carbocycles. The first kappa shape index (κ1) is 22.0. The average molecular weight is 400 g/mol. The molecule has 3 amide bonds. The fraction of sp³-hybridized carbons (Fsp3) is 0.333. The van der Waals surface area contributed by atoms with E-state index in [0.717, 1.165) is 12.1 Å². The minimum atomic E-state index is -0.432. The standard InChI is InChI=1S/C21H28N4O4/c1-25(2)18-11-10-15(14-16(18)20(26)22-12-7-13-28-3)23-21(27)24-17-8-5-6-9-19(17)29-4/h5-6,8-11,14H,7,12-13H2,1-4H3,(H,22,26)(H2,23,24,27). The smallest absolute Gasteiger partial charge is 0.323 e. The van der Waals surface area contributed by atoms with Crippen LogP contribution in [0.3, 0.4) is 0 Å². The maximum Gasteiger partial charge on any atom is 0.323 e. The number of nitrogens with one attached hydrogen (secondary N) is 3. The van der Waals surface area contributed by atoms with Gasteiger partial charge in [0, 0.05) is 45.7 Å². The van der Waals surface area contributed by atoms with E-state index in [1.807, 2.05) is 25.1 Å². The van der Waals surface area contributed by atoms with Gasteiger partial charge in [-0.25, -0.2) is 4.79 Å². The first-order chi connectivity index (χ1) is 14.0. The molecular weight excluding hydrogens is 372 g/mol. The second kappa shape index (κ2) is 10.9. The predicted octanol–water partition coefficient (Wildman–Crippen LogP) is 3.17. The number of hydrogen-bond acceptors (Lipinski definition) is 5. The van der Waals surface area contributed by atoms with Gasteiger partial charge in [0.05, 0.1) is 18.4 Å².